The summed E-state index contributed by atoms with van der Waals surface area (Å²) in [5.74, 6) is 1.18. The summed E-state index contributed by atoms with van der Waals surface area (Å²) in [6.07, 6.45) is 1.63. The van der Waals surface area contributed by atoms with E-state index in [2.05, 4.69) is 19.2 Å². The molecule has 1 aliphatic heterocycles. The fourth-order valence-electron chi connectivity index (χ4n) is 2.96. The SMILES string of the molecule is CCC(=O)Nc1ccc(C(=O)N2CC(C)CC(C)C2)cc1. The van der Waals surface area contributed by atoms with Gasteiger partial charge in [0, 0.05) is 30.8 Å². The van der Waals surface area contributed by atoms with E-state index >= 15 is 0 Å². The summed E-state index contributed by atoms with van der Waals surface area (Å²) >= 11 is 0. The number of carbonyl (C=O) groups is 2. The van der Waals surface area contributed by atoms with Crippen LogP contribution in [0.2, 0.25) is 0 Å². The van der Waals surface area contributed by atoms with Gasteiger partial charge in [-0.2, -0.15) is 0 Å². The van der Waals surface area contributed by atoms with Gasteiger partial charge in [-0.3, -0.25) is 9.59 Å². The number of amides is 2. The molecule has 2 atom stereocenters. The Balaban J connectivity index is 2.04. The maximum absolute atomic E-state index is 12.5. The minimum atomic E-state index is -0.0206. The lowest BCUT2D eigenvalue weighted by Gasteiger charge is -2.35. The van der Waals surface area contributed by atoms with Crippen molar-refractivity contribution in [2.45, 2.75) is 33.6 Å². The third kappa shape index (κ3) is 4.06. The number of anilines is 1. The Morgan fingerprint density at radius 2 is 1.71 bits per heavy atom. The number of benzene rings is 1. The molecule has 1 heterocycles. The molecule has 0 aromatic heterocycles. The van der Waals surface area contributed by atoms with Crippen LogP contribution < -0.4 is 5.32 Å². The Morgan fingerprint density at radius 3 is 2.24 bits per heavy atom. The van der Waals surface area contributed by atoms with Crippen molar-refractivity contribution in [2.75, 3.05) is 18.4 Å². The molecule has 1 aromatic carbocycles. The number of likely N-dealkylation sites (tertiary alicyclic amines) is 1. The number of nitrogens with zero attached hydrogens (tertiary/aromatic N) is 1. The van der Waals surface area contributed by atoms with E-state index in [1.165, 1.54) is 6.42 Å². The third-order valence-corrected chi connectivity index (χ3v) is 3.89. The quantitative estimate of drug-likeness (QED) is 0.929. The Kier molecular flexibility index (Phi) is 4.99. The number of hydrogen-bond donors (Lipinski definition) is 1. The zero-order valence-corrected chi connectivity index (χ0v) is 13.1. The standard InChI is InChI=1S/C17H24N2O2/c1-4-16(20)18-15-7-5-14(6-8-15)17(21)19-10-12(2)9-13(3)11-19/h5-8,12-13H,4,9-11H2,1-3H3,(H,18,20). The van der Waals surface area contributed by atoms with Crippen molar-refractivity contribution >= 4 is 17.5 Å². The van der Waals surface area contributed by atoms with Crippen LogP contribution in [-0.2, 0) is 4.79 Å². The molecule has 4 heteroatoms. The van der Waals surface area contributed by atoms with Crippen LogP contribution in [0, 0.1) is 11.8 Å². The number of rotatable bonds is 3. The summed E-state index contributed by atoms with van der Waals surface area (Å²) in [4.78, 5) is 25.8. The second-order valence-corrected chi connectivity index (χ2v) is 6.14. The molecule has 1 fully saturated rings. The molecular formula is C17H24N2O2. The van der Waals surface area contributed by atoms with Crippen molar-refractivity contribution in [3.8, 4) is 0 Å². The highest BCUT2D eigenvalue weighted by Gasteiger charge is 2.25. The van der Waals surface area contributed by atoms with Crippen molar-refractivity contribution in [1.29, 1.82) is 0 Å². The molecule has 0 spiro atoms. The third-order valence-electron chi connectivity index (χ3n) is 3.89. The average Bonchev–Trinajstić information content (AvgIpc) is 2.46. The van der Waals surface area contributed by atoms with Gasteiger partial charge < -0.3 is 10.2 Å². The lowest BCUT2D eigenvalue weighted by Crippen LogP contribution is -2.42. The minimum absolute atomic E-state index is 0.0206. The summed E-state index contributed by atoms with van der Waals surface area (Å²) in [7, 11) is 0. The van der Waals surface area contributed by atoms with Crippen molar-refractivity contribution < 1.29 is 9.59 Å². The normalized spacial score (nSPS) is 22.0. The summed E-state index contributed by atoms with van der Waals surface area (Å²) in [6.45, 7) is 7.86. The van der Waals surface area contributed by atoms with E-state index < -0.39 is 0 Å². The summed E-state index contributed by atoms with van der Waals surface area (Å²) in [5.41, 5.74) is 1.42. The van der Waals surface area contributed by atoms with Crippen LogP contribution in [0.25, 0.3) is 0 Å². The zero-order chi connectivity index (χ0) is 15.4. The fourth-order valence-corrected chi connectivity index (χ4v) is 2.96. The smallest absolute Gasteiger partial charge is 0.253 e. The van der Waals surface area contributed by atoms with E-state index in [1.54, 1.807) is 24.3 Å². The van der Waals surface area contributed by atoms with Crippen LogP contribution in [0.5, 0.6) is 0 Å². The van der Waals surface area contributed by atoms with Crippen LogP contribution in [0.3, 0.4) is 0 Å². The van der Waals surface area contributed by atoms with Crippen molar-refractivity contribution in [3.05, 3.63) is 29.8 Å². The molecule has 0 radical (unpaired) electrons. The molecule has 0 saturated carbocycles. The lowest BCUT2D eigenvalue weighted by molar-refractivity contribution is -0.115. The summed E-state index contributed by atoms with van der Waals surface area (Å²) in [5, 5.41) is 2.79. The van der Waals surface area contributed by atoms with E-state index in [1.807, 2.05) is 11.8 Å². The topological polar surface area (TPSA) is 49.4 Å². The molecule has 21 heavy (non-hydrogen) atoms. The van der Waals surface area contributed by atoms with E-state index in [-0.39, 0.29) is 11.8 Å². The van der Waals surface area contributed by atoms with E-state index in [4.69, 9.17) is 0 Å². The number of nitrogens with one attached hydrogen (secondary N) is 1. The molecule has 4 nitrogen and oxygen atoms in total. The monoisotopic (exact) mass is 288 g/mol. The highest BCUT2D eigenvalue weighted by atomic mass is 16.2. The highest BCUT2D eigenvalue weighted by Crippen LogP contribution is 2.23. The van der Waals surface area contributed by atoms with Gasteiger partial charge in [0.1, 0.15) is 0 Å². The van der Waals surface area contributed by atoms with E-state index in [0.29, 0.717) is 23.8 Å². The van der Waals surface area contributed by atoms with Gasteiger partial charge in [0.05, 0.1) is 0 Å². The van der Waals surface area contributed by atoms with Crippen molar-refractivity contribution in [2.24, 2.45) is 11.8 Å². The van der Waals surface area contributed by atoms with Crippen molar-refractivity contribution in [1.82, 2.24) is 4.90 Å². The van der Waals surface area contributed by atoms with Gasteiger partial charge in [-0.25, -0.2) is 0 Å². The Morgan fingerprint density at radius 1 is 1.14 bits per heavy atom. The van der Waals surface area contributed by atoms with Crippen LogP contribution in [0.15, 0.2) is 24.3 Å². The maximum Gasteiger partial charge on any atom is 0.253 e. The minimum Gasteiger partial charge on any atom is -0.338 e. The van der Waals surface area contributed by atoms with Crippen molar-refractivity contribution in [3.63, 3.8) is 0 Å². The molecule has 1 saturated heterocycles. The van der Waals surface area contributed by atoms with E-state index in [0.717, 1.165) is 18.8 Å². The van der Waals surface area contributed by atoms with Crippen LogP contribution in [0.4, 0.5) is 5.69 Å². The molecule has 1 aromatic rings. The maximum atomic E-state index is 12.5. The molecule has 114 valence electrons. The Hall–Kier alpha value is -1.84. The van der Waals surface area contributed by atoms with E-state index in [9.17, 15) is 9.59 Å². The predicted molar refractivity (Wildman–Crippen MR) is 84.2 cm³/mol. The second-order valence-electron chi connectivity index (χ2n) is 6.14. The van der Waals surface area contributed by atoms with Crippen LogP contribution in [-0.4, -0.2) is 29.8 Å². The number of piperidine rings is 1. The molecule has 1 N–H and O–H groups in total. The largest absolute Gasteiger partial charge is 0.338 e. The molecule has 0 aliphatic carbocycles. The van der Waals surface area contributed by atoms with Gasteiger partial charge in [-0.15, -0.1) is 0 Å². The average molecular weight is 288 g/mol. The highest BCUT2D eigenvalue weighted by molar-refractivity contribution is 5.95. The predicted octanol–water partition coefficient (Wildman–Crippen LogP) is 3.15. The first-order valence-corrected chi connectivity index (χ1v) is 7.68. The van der Waals surface area contributed by atoms with Gasteiger partial charge in [-0.1, -0.05) is 20.8 Å². The molecule has 2 amide bonds. The first kappa shape index (κ1) is 15.5. The van der Waals surface area contributed by atoms with Gasteiger partial charge >= 0.3 is 0 Å². The Bertz CT molecular complexity index is 500. The molecule has 0 bridgehead atoms. The Labute approximate surface area is 126 Å². The second kappa shape index (κ2) is 6.74. The van der Waals surface area contributed by atoms with Gasteiger partial charge in [-0.05, 0) is 42.5 Å². The molecule has 2 unspecified atom stereocenters. The number of carbonyl (C=O) groups excluding carboxylic acids is 2. The first-order chi connectivity index (χ1) is 9.99. The molecule has 2 rings (SSSR count). The molecule has 1 aliphatic rings. The van der Waals surface area contributed by atoms with Gasteiger partial charge in [0.2, 0.25) is 5.91 Å². The summed E-state index contributed by atoms with van der Waals surface area (Å²) in [6, 6.07) is 7.16. The zero-order valence-electron chi connectivity index (χ0n) is 13.1. The van der Waals surface area contributed by atoms with Gasteiger partial charge in [0.25, 0.3) is 5.91 Å². The van der Waals surface area contributed by atoms with Crippen LogP contribution >= 0.6 is 0 Å². The molecular weight excluding hydrogens is 264 g/mol. The van der Waals surface area contributed by atoms with Crippen LogP contribution in [0.1, 0.15) is 44.0 Å². The number of hydrogen-bond acceptors (Lipinski definition) is 2. The lowest BCUT2D eigenvalue weighted by atomic mass is 9.91. The summed E-state index contributed by atoms with van der Waals surface area (Å²) < 4.78 is 0. The fraction of sp³-hybridized carbons (Fsp3) is 0.529. The first-order valence-electron chi connectivity index (χ1n) is 7.68. The van der Waals surface area contributed by atoms with Gasteiger partial charge in [0.15, 0.2) is 0 Å².